The molecule has 0 aliphatic carbocycles. The van der Waals surface area contributed by atoms with Gasteiger partial charge in [-0.05, 0) is 44.1 Å². The maximum Gasteiger partial charge on any atom is 0.160 e. The molecule has 0 spiro atoms. The standard InChI is InChI=1S/C6H5F2N.C4H9N/c7-5-2-1-4(9)3-6(5)8;1-2-4-5-3-1/h1-3H,9H2;5H,1-4H2. The van der Waals surface area contributed by atoms with Gasteiger partial charge in [0.05, 0.1) is 0 Å². The molecule has 3 N–H and O–H groups in total. The number of benzene rings is 1. The Bertz CT molecular complexity index is 278. The molecule has 1 aromatic carbocycles. The molecule has 0 saturated carbocycles. The second-order valence-electron chi connectivity index (χ2n) is 3.13. The molecule has 0 radical (unpaired) electrons. The van der Waals surface area contributed by atoms with Crippen molar-refractivity contribution < 1.29 is 8.78 Å². The van der Waals surface area contributed by atoms with Crippen LogP contribution in [0.25, 0.3) is 0 Å². The fourth-order valence-corrected chi connectivity index (χ4v) is 1.14. The van der Waals surface area contributed by atoms with E-state index >= 15 is 0 Å². The first-order valence-electron chi connectivity index (χ1n) is 4.61. The summed E-state index contributed by atoms with van der Waals surface area (Å²) >= 11 is 0. The molecule has 2 rings (SSSR count). The topological polar surface area (TPSA) is 38.0 Å². The summed E-state index contributed by atoms with van der Waals surface area (Å²) in [5.41, 5.74) is 5.35. The number of rotatable bonds is 0. The van der Waals surface area contributed by atoms with Crippen molar-refractivity contribution >= 4 is 5.69 Å². The van der Waals surface area contributed by atoms with Crippen molar-refractivity contribution in [3.8, 4) is 0 Å². The highest BCUT2D eigenvalue weighted by molar-refractivity contribution is 5.37. The van der Waals surface area contributed by atoms with E-state index in [2.05, 4.69) is 5.32 Å². The van der Waals surface area contributed by atoms with Gasteiger partial charge in [-0.2, -0.15) is 0 Å². The second-order valence-corrected chi connectivity index (χ2v) is 3.13. The minimum Gasteiger partial charge on any atom is -0.399 e. The van der Waals surface area contributed by atoms with Gasteiger partial charge in [0.25, 0.3) is 0 Å². The zero-order chi connectivity index (χ0) is 10.4. The smallest absolute Gasteiger partial charge is 0.160 e. The van der Waals surface area contributed by atoms with E-state index in [1.54, 1.807) is 0 Å². The van der Waals surface area contributed by atoms with Crippen LogP contribution in [0.1, 0.15) is 12.8 Å². The van der Waals surface area contributed by atoms with Crippen LogP contribution in [0, 0.1) is 11.6 Å². The predicted octanol–water partition coefficient (Wildman–Crippen LogP) is 1.92. The van der Waals surface area contributed by atoms with Crippen molar-refractivity contribution in [1.29, 1.82) is 0 Å². The summed E-state index contributed by atoms with van der Waals surface area (Å²) in [6.07, 6.45) is 2.78. The summed E-state index contributed by atoms with van der Waals surface area (Å²) in [6.45, 7) is 2.50. The van der Waals surface area contributed by atoms with Crippen molar-refractivity contribution in [2.24, 2.45) is 0 Å². The van der Waals surface area contributed by atoms with Gasteiger partial charge in [-0.25, -0.2) is 8.78 Å². The van der Waals surface area contributed by atoms with E-state index in [9.17, 15) is 8.78 Å². The Balaban J connectivity index is 0.000000165. The first kappa shape index (κ1) is 10.9. The molecule has 1 saturated heterocycles. The third-order valence-corrected chi connectivity index (χ3v) is 1.90. The number of anilines is 1. The first-order chi connectivity index (χ1) is 6.70. The molecule has 1 fully saturated rings. The molecule has 1 aliphatic heterocycles. The van der Waals surface area contributed by atoms with Crippen molar-refractivity contribution in [3.63, 3.8) is 0 Å². The molecule has 0 bridgehead atoms. The Hall–Kier alpha value is -1.16. The number of nitrogens with two attached hydrogens (primary N) is 1. The molecule has 1 aliphatic rings. The van der Waals surface area contributed by atoms with E-state index in [4.69, 9.17) is 5.73 Å². The van der Waals surface area contributed by atoms with E-state index in [-0.39, 0.29) is 5.69 Å². The van der Waals surface area contributed by atoms with Gasteiger partial charge in [0.1, 0.15) is 0 Å². The van der Waals surface area contributed by atoms with Gasteiger partial charge in [0.15, 0.2) is 11.6 Å². The SMILES string of the molecule is C1CCNC1.Nc1ccc(F)c(F)c1. The minimum absolute atomic E-state index is 0.230. The Morgan fingerprint density at radius 3 is 2.07 bits per heavy atom. The zero-order valence-electron chi connectivity index (χ0n) is 7.89. The lowest BCUT2D eigenvalue weighted by molar-refractivity contribution is 0.509. The molecule has 1 heterocycles. The van der Waals surface area contributed by atoms with Gasteiger partial charge in [0.2, 0.25) is 0 Å². The van der Waals surface area contributed by atoms with Gasteiger partial charge < -0.3 is 11.1 Å². The van der Waals surface area contributed by atoms with Crippen LogP contribution < -0.4 is 11.1 Å². The maximum atomic E-state index is 12.1. The molecule has 0 aromatic heterocycles. The van der Waals surface area contributed by atoms with E-state index in [1.165, 1.54) is 32.0 Å². The van der Waals surface area contributed by atoms with E-state index < -0.39 is 11.6 Å². The molecule has 0 unspecified atom stereocenters. The summed E-state index contributed by atoms with van der Waals surface area (Å²) < 4.78 is 24.2. The molecule has 4 heteroatoms. The highest BCUT2D eigenvalue weighted by Gasteiger charge is 1.97. The summed E-state index contributed by atoms with van der Waals surface area (Å²) in [5, 5.41) is 3.22. The summed E-state index contributed by atoms with van der Waals surface area (Å²) in [5.74, 6) is -1.78. The van der Waals surface area contributed by atoms with Crippen molar-refractivity contribution in [1.82, 2.24) is 5.32 Å². The predicted molar refractivity (Wildman–Crippen MR) is 52.9 cm³/mol. The summed E-state index contributed by atoms with van der Waals surface area (Å²) in [6, 6.07) is 3.23. The fraction of sp³-hybridized carbons (Fsp3) is 0.400. The van der Waals surface area contributed by atoms with Crippen molar-refractivity contribution in [2.45, 2.75) is 12.8 Å². The maximum absolute atomic E-state index is 12.1. The van der Waals surface area contributed by atoms with Gasteiger partial charge in [-0.15, -0.1) is 0 Å². The number of nitrogen functional groups attached to an aromatic ring is 1. The van der Waals surface area contributed by atoms with Crippen molar-refractivity contribution in [2.75, 3.05) is 18.8 Å². The summed E-state index contributed by atoms with van der Waals surface area (Å²) in [4.78, 5) is 0. The van der Waals surface area contributed by atoms with E-state index in [0.29, 0.717) is 0 Å². The quantitative estimate of drug-likeness (QED) is 0.628. The largest absolute Gasteiger partial charge is 0.399 e. The third kappa shape index (κ3) is 3.70. The van der Waals surface area contributed by atoms with Gasteiger partial charge in [0, 0.05) is 5.69 Å². The summed E-state index contributed by atoms with van der Waals surface area (Å²) in [7, 11) is 0. The van der Waals surface area contributed by atoms with Gasteiger partial charge in [-0.3, -0.25) is 0 Å². The lowest BCUT2D eigenvalue weighted by atomic mass is 10.3. The Kier molecular flexibility index (Phi) is 4.32. The molecule has 14 heavy (non-hydrogen) atoms. The Morgan fingerprint density at radius 1 is 1.07 bits per heavy atom. The monoisotopic (exact) mass is 200 g/mol. The first-order valence-corrected chi connectivity index (χ1v) is 4.61. The molecule has 2 nitrogen and oxygen atoms in total. The van der Waals surface area contributed by atoms with E-state index in [1.807, 2.05) is 0 Å². The number of nitrogens with one attached hydrogen (secondary N) is 1. The third-order valence-electron chi connectivity index (χ3n) is 1.90. The number of hydrogen-bond donors (Lipinski definition) is 2. The highest BCUT2D eigenvalue weighted by Crippen LogP contribution is 2.08. The van der Waals surface area contributed by atoms with Gasteiger partial charge in [-0.1, -0.05) is 0 Å². The van der Waals surface area contributed by atoms with Crippen LogP contribution in [0.15, 0.2) is 18.2 Å². The van der Waals surface area contributed by atoms with Crippen LogP contribution in [-0.2, 0) is 0 Å². The molecule has 78 valence electrons. The average Bonchev–Trinajstić information content (AvgIpc) is 2.69. The lowest BCUT2D eigenvalue weighted by Crippen LogP contribution is -2.03. The molecule has 0 atom stereocenters. The van der Waals surface area contributed by atoms with Crippen LogP contribution in [0.2, 0.25) is 0 Å². The number of halogens is 2. The van der Waals surface area contributed by atoms with Crippen LogP contribution >= 0.6 is 0 Å². The molecular weight excluding hydrogens is 186 g/mol. The average molecular weight is 200 g/mol. The highest BCUT2D eigenvalue weighted by atomic mass is 19.2. The Labute approximate surface area is 82.1 Å². The number of hydrogen-bond acceptors (Lipinski definition) is 2. The van der Waals surface area contributed by atoms with Gasteiger partial charge >= 0.3 is 0 Å². The van der Waals surface area contributed by atoms with Crippen LogP contribution in [-0.4, -0.2) is 13.1 Å². The van der Waals surface area contributed by atoms with Crippen LogP contribution in [0.3, 0.4) is 0 Å². The van der Waals surface area contributed by atoms with E-state index in [0.717, 1.165) is 12.1 Å². The van der Waals surface area contributed by atoms with Crippen molar-refractivity contribution in [3.05, 3.63) is 29.8 Å². The lowest BCUT2D eigenvalue weighted by Gasteiger charge is -1.91. The normalized spacial score (nSPS) is 14.7. The molecule has 0 amide bonds. The Morgan fingerprint density at radius 2 is 1.71 bits per heavy atom. The zero-order valence-corrected chi connectivity index (χ0v) is 7.89. The second kappa shape index (κ2) is 5.54. The van der Waals surface area contributed by atoms with Crippen LogP contribution in [0.4, 0.5) is 14.5 Å². The fourth-order valence-electron chi connectivity index (χ4n) is 1.14. The van der Waals surface area contributed by atoms with Crippen LogP contribution in [0.5, 0.6) is 0 Å². The molecular formula is C10H14F2N2. The molecule has 1 aromatic rings. The minimum atomic E-state index is -0.907.